The second kappa shape index (κ2) is 6.55. The van der Waals surface area contributed by atoms with Crippen LogP contribution >= 0.6 is 15.9 Å². The lowest BCUT2D eigenvalue weighted by atomic mass is 10.1. The summed E-state index contributed by atoms with van der Waals surface area (Å²) in [5, 5.41) is 0. The van der Waals surface area contributed by atoms with E-state index >= 15 is 0 Å². The molecule has 1 aliphatic heterocycles. The van der Waals surface area contributed by atoms with Gasteiger partial charge < -0.3 is 14.4 Å². The van der Waals surface area contributed by atoms with Gasteiger partial charge in [-0.2, -0.15) is 0 Å². The highest BCUT2D eigenvalue weighted by Gasteiger charge is 2.42. The summed E-state index contributed by atoms with van der Waals surface area (Å²) in [5.41, 5.74) is 0.447. The highest BCUT2D eigenvalue weighted by Crippen LogP contribution is 2.38. The first kappa shape index (κ1) is 17.5. The fourth-order valence-electron chi connectivity index (χ4n) is 3.12. The van der Waals surface area contributed by atoms with Crippen LogP contribution in [-0.4, -0.2) is 57.0 Å². The van der Waals surface area contributed by atoms with Crippen molar-refractivity contribution in [3.05, 3.63) is 22.2 Å². The van der Waals surface area contributed by atoms with Gasteiger partial charge in [-0.3, -0.25) is 4.79 Å². The number of ether oxygens (including phenoxy) is 2. The number of halogens is 1. The van der Waals surface area contributed by atoms with Crippen molar-refractivity contribution >= 4 is 31.7 Å². The molecule has 1 aliphatic carbocycles. The molecule has 0 aromatic heterocycles. The first-order valence-electron chi connectivity index (χ1n) is 7.81. The van der Waals surface area contributed by atoms with E-state index in [2.05, 4.69) is 15.9 Å². The number of hydrogen-bond donors (Lipinski definition) is 0. The van der Waals surface area contributed by atoms with Crippen molar-refractivity contribution < 1.29 is 22.7 Å². The molecular weight excluding hydrogens is 398 g/mol. The van der Waals surface area contributed by atoms with Crippen molar-refractivity contribution in [1.82, 2.24) is 4.90 Å². The number of carbonyl (C=O) groups excluding carboxylic acids is 1. The second-order valence-electron chi connectivity index (χ2n) is 6.20. The molecule has 1 aromatic carbocycles. The fraction of sp³-hybridized carbons (Fsp3) is 0.562. The average molecular weight is 418 g/mol. The number of benzene rings is 1. The van der Waals surface area contributed by atoms with Gasteiger partial charge in [0.15, 0.2) is 9.84 Å². The maximum Gasteiger partial charge on any atom is 0.254 e. The Bertz CT molecular complexity index is 735. The zero-order valence-electron chi connectivity index (χ0n) is 13.6. The van der Waals surface area contributed by atoms with Crippen LogP contribution in [0, 0.1) is 0 Å². The molecule has 2 aliphatic rings. The number of nitrogens with zero attached hydrogens (tertiary/aromatic N) is 1. The first-order valence-corrected chi connectivity index (χ1v) is 10.4. The zero-order chi connectivity index (χ0) is 17.5. The maximum atomic E-state index is 13.1. The fourth-order valence-corrected chi connectivity index (χ4v) is 5.38. The lowest BCUT2D eigenvalue weighted by Crippen LogP contribution is -2.42. The van der Waals surface area contributed by atoms with E-state index < -0.39 is 9.84 Å². The monoisotopic (exact) mass is 417 g/mol. The summed E-state index contributed by atoms with van der Waals surface area (Å²) in [5.74, 6) is 1.06. The van der Waals surface area contributed by atoms with E-state index in [4.69, 9.17) is 9.47 Å². The molecule has 6 nitrogen and oxygen atoms in total. The van der Waals surface area contributed by atoms with Crippen LogP contribution in [0.15, 0.2) is 16.6 Å². The van der Waals surface area contributed by atoms with Crippen LogP contribution < -0.4 is 9.47 Å². The Kier molecular flexibility index (Phi) is 4.79. The van der Waals surface area contributed by atoms with Crippen LogP contribution in [0.5, 0.6) is 11.5 Å². The molecule has 1 heterocycles. The SMILES string of the molecule is COc1cc(C(=O)N(C2CC2)[C@H]2CCS(=O)(=O)C2)cc(OC)c1Br. The van der Waals surface area contributed by atoms with E-state index in [0.29, 0.717) is 28.0 Å². The number of carbonyl (C=O) groups is 1. The van der Waals surface area contributed by atoms with Crippen molar-refractivity contribution in [2.75, 3.05) is 25.7 Å². The number of rotatable bonds is 5. The summed E-state index contributed by atoms with van der Waals surface area (Å²) in [4.78, 5) is 14.8. The largest absolute Gasteiger partial charge is 0.495 e. The summed E-state index contributed by atoms with van der Waals surface area (Å²) in [6, 6.07) is 3.22. The quantitative estimate of drug-likeness (QED) is 0.734. The molecule has 0 radical (unpaired) electrons. The van der Waals surface area contributed by atoms with Gasteiger partial charge in [-0.25, -0.2) is 8.42 Å². The third kappa shape index (κ3) is 3.39. The molecule has 3 rings (SSSR count). The highest BCUT2D eigenvalue weighted by molar-refractivity contribution is 9.10. The number of hydrogen-bond acceptors (Lipinski definition) is 5. The standard InChI is InChI=1S/C16H20BrNO5S/c1-22-13-7-10(8-14(23-2)15(13)17)16(19)18(11-3-4-11)12-5-6-24(20,21)9-12/h7-8,11-12H,3-6,9H2,1-2H3/t12-/m0/s1. The Morgan fingerprint density at radius 1 is 1.12 bits per heavy atom. The number of amides is 1. The third-order valence-corrected chi connectivity index (χ3v) is 7.00. The lowest BCUT2D eigenvalue weighted by Gasteiger charge is -2.28. The molecule has 2 fully saturated rings. The minimum absolute atomic E-state index is 0.0556. The van der Waals surface area contributed by atoms with Gasteiger partial charge >= 0.3 is 0 Å². The minimum atomic E-state index is -3.05. The molecule has 132 valence electrons. The minimum Gasteiger partial charge on any atom is -0.495 e. The van der Waals surface area contributed by atoms with Gasteiger partial charge in [-0.05, 0) is 47.3 Å². The van der Waals surface area contributed by atoms with Crippen molar-refractivity contribution in [2.45, 2.75) is 31.3 Å². The molecule has 8 heteroatoms. The molecule has 1 saturated carbocycles. The molecule has 0 spiro atoms. The predicted octanol–water partition coefficient (Wildman–Crippen LogP) is 2.26. The van der Waals surface area contributed by atoms with E-state index in [1.165, 1.54) is 14.2 Å². The van der Waals surface area contributed by atoms with Crippen molar-refractivity contribution in [2.24, 2.45) is 0 Å². The molecule has 24 heavy (non-hydrogen) atoms. The van der Waals surface area contributed by atoms with E-state index in [1.807, 2.05) is 0 Å². The van der Waals surface area contributed by atoms with Crippen LogP contribution in [0.25, 0.3) is 0 Å². The Labute approximate surface area is 150 Å². The first-order chi connectivity index (χ1) is 11.4. The van der Waals surface area contributed by atoms with E-state index in [1.54, 1.807) is 17.0 Å². The van der Waals surface area contributed by atoms with Gasteiger partial charge in [0.05, 0.1) is 25.7 Å². The average Bonchev–Trinajstić information content (AvgIpc) is 3.31. The van der Waals surface area contributed by atoms with Crippen LogP contribution in [0.3, 0.4) is 0 Å². The summed E-state index contributed by atoms with van der Waals surface area (Å²) in [7, 11) is 0.00253. The van der Waals surface area contributed by atoms with Crippen LogP contribution in [0.4, 0.5) is 0 Å². The zero-order valence-corrected chi connectivity index (χ0v) is 16.0. The van der Waals surface area contributed by atoms with Crippen LogP contribution in [0.2, 0.25) is 0 Å². The lowest BCUT2D eigenvalue weighted by molar-refractivity contribution is 0.0680. The normalized spacial score (nSPS) is 22.2. The van der Waals surface area contributed by atoms with Gasteiger partial charge in [0.2, 0.25) is 0 Å². The Morgan fingerprint density at radius 2 is 1.71 bits per heavy atom. The smallest absolute Gasteiger partial charge is 0.254 e. The molecule has 1 aromatic rings. The Hall–Kier alpha value is -1.28. The summed E-state index contributed by atoms with van der Waals surface area (Å²) in [6.07, 6.45) is 2.36. The van der Waals surface area contributed by atoms with Crippen LogP contribution in [0.1, 0.15) is 29.6 Å². The highest BCUT2D eigenvalue weighted by atomic mass is 79.9. The number of methoxy groups -OCH3 is 2. The molecule has 0 bridgehead atoms. The van der Waals surface area contributed by atoms with E-state index in [9.17, 15) is 13.2 Å². The van der Waals surface area contributed by atoms with Gasteiger partial charge in [0.1, 0.15) is 16.0 Å². The summed E-state index contributed by atoms with van der Waals surface area (Å²) >= 11 is 3.39. The molecular formula is C16H20BrNO5S. The molecule has 1 atom stereocenters. The molecule has 1 amide bonds. The Morgan fingerprint density at radius 3 is 2.12 bits per heavy atom. The van der Waals surface area contributed by atoms with Crippen molar-refractivity contribution in [3.63, 3.8) is 0 Å². The molecule has 0 unspecified atom stereocenters. The van der Waals surface area contributed by atoms with Gasteiger partial charge in [0, 0.05) is 17.6 Å². The van der Waals surface area contributed by atoms with Crippen molar-refractivity contribution in [3.8, 4) is 11.5 Å². The maximum absolute atomic E-state index is 13.1. The van der Waals surface area contributed by atoms with Gasteiger partial charge in [0.25, 0.3) is 5.91 Å². The van der Waals surface area contributed by atoms with Crippen LogP contribution in [-0.2, 0) is 9.84 Å². The Balaban J connectivity index is 1.94. The van der Waals surface area contributed by atoms with Crippen molar-refractivity contribution in [1.29, 1.82) is 0 Å². The van der Waals surface area contributed by atoms with Gasteiger partial charge in [-0.15, -0.1) is 0 Å². The topological polar surface area (TPSA) is 72.9 Å². The second-order valence-corrected chi connectivity index (χ2v) is 9.22. The van der Waals surface area contributed by atoms with Gasteiger partial charge in [-0.1, -0.05) is 0 Å². The van der Waals surface area contributed by atoms with E-state index in [-0.39, 0.29) is 29.5 Å². The third-order valence-electron chi connectivity index (χ3n) is 4.47. The number of sulfone groups is 1. The molecule has 0 N–H and O–H groups in total. The van der Waals surface area contributed by atoms with E-state index in [0.717, 1.165) is 12.8 Å². The predicted molar refractivity (Wildman–Crippen MR) is 93.5 cm³/mol. The molecule has 1 saturated heterocycles. The summed E-state index contributed by atoms with van der Waals surface area (Å²) in [6.45, 7) is 0. The summed E-state index contributed by atoms with van der Waals surface area (Å²) < 4.78 is 34.9.